The number of carbonyl (C=O) groups excluding carboxylic acids is 1. The number of rotatable bonds is 10. The summed E-state index contributed by atoms with van der Waals surface area (Å²) in [6, 6.07) is 3.87. The summed E-state index contributed by atoms with van der Waals surface area (Å²) in [6.45, 7) is 13.0. The van der Waals surface area contributed by atoms with Gasteiger partial charge in [0.25, 0.3) is 0 Å². The van der Waals surface area contributed by atoms with E-state index in [1.807, 2.05) is 32.1 Å². The van der Waals surface area contributed by atoms with Gasteiger partial charge >= 0.3 is 6.09 Å². The number of nitrogens with zero attached hydrogens (tertiary/aromatic N) is 3. The third-order valence-corrected chi connectivity index (χ3v) is 5.11. The highest BCUT2D eigenvalue weighted by Gasteiger charge is 2.26. The van der Waals surface area contributed by atoms with Crippen molar-refractivity contribution < 1.29 is 14.7 Å². The molecule has 2 aromatic heterocycles. The summed E-state index contributed by atoms with van der Waals surface area (Å²) in [5.41, 5.74) is 2.31. The third-order valence-electron chi connectivity index (χ3n) is 5.11. The van der Waals surface area contributed by atoms with Crippen LogP contribution in [0.5, 0.6) is 0 Å². The van der Waals surface area contributed by atoms with Crippen molar-refractivity contribution in [1.82, 2.24) is 20.1 Å². The lowest BCUT2D eigenvalue weighted by Gasteiger charge is -2.29. The van der Waals surface area contributed by atoms with Gasteiger partial charge in [0, 0.05) is 18.8 Å². The fourth-order valence-corrected chi connectivity index (χ4v) is 3.51. The second-order valence-corrected chi connectivity index (χ2v) is 8.26. The average Bonchev–Trinajstić information content (AvgIpc) is 3.05. The van der Waals surface area contributed by atoms with Crippen molar-refractivity contribution in [3.63, 3.8) is 0 Å². The molecule has 3 N–H and O–H groups in total. The van der Waals surface area contributed by atoms with Gasteiger partial charge < -0.3 is 15.7 Å². The van der Waals surface area contributed by atoms with Gasteiger partial charge in [-0.15, -0.1) is 13.2 Å². The zero-order valence-electron chi connectivity index (χ0n) is 18.6. The Morgan fingerprint density at radius 1 is 1.35 bits per heavy atom. The maximum atomic E-state index is 12.3. The molecule has 0 saturated carbocycles. The molecule has 2 aromatic rings. The minimum atomic E-state index is -1.05. The number of aromatic nitrogens is 3. The first-order chi connectivity index (χ1) is 14.6. The van der Waals surface area contributed by atoms with Crippen LogP contribution in [0.1, 0.15) is 45.1 Å². The van der Waals surface area contributed by atoms with Crippen LogP contribution < -0.4 is 10.6 Å². The normalized spacial score (nSPS) is 13.2. The first-order valence-electron chi connectivity index (χ1n) is 10.1. The molecule has 0 aliphatic rings. The molecule has 0 saturated heterocycles. The molecule has 2 amide bonds. The summed E-state index contributed by atoms with van der Waals surface area (Å²) in [5, 5.41) is 18.9. The van der Waals surface area contributed by atoms with Crippen LogP contribution in [-0.4, -0.2) is 37.4 Å². The van der Waals surface area contributed by atoms with E-state index in [0.29, 0.717) is 29.9 Å². The molecule has 2 rings (SSSR count). The zero-order valence-corrected chi connectivity index (χ0v) is 18.6. The number of hydrogen-bond donors (Lipinski definition) is 3. The second-order valence-electron chi connectivity index (χ2n) is 8.26. The van der Waals surface area contributed by atoms with Gasteiger partial charge in [0.15, 0.2) is 0 Å². The van der Waals surface area contributed by atoms with Crippen LogP contribution in [0.4, 0.5) is 10.5 Å². The predicted octanol–water partition coefficient (Wildman–Crippen LogP) is 4.34. The molecule has 166 valence electrons. The number of anilines is 1. The van der Waals surface area contributed by atoms with E-state index in [4.69, 9.17) is 5.11 Å². The molecule has 8 nitrogen and oxygen atoms in total. The fourth-order valence-electron chi connectivity index (χ4n) is 3.51. The SMILES string of the molecule is C=CC[C@@H](CC(C)(C)NC(=O)O)c1ccnc(-c2c(NC(=O)[C@H](C)C=C)cnn2C)c1. The number of allylic oxidation sites excluding steroid dienone is 1. The summed E-state index contributed by atoms with van der Waals surface area (Å²) >= 11 is 0. The monoisotopic (exact) mass is 425 g/mol. The van der Waals surface area contributed by atoms with E-state index in [2.05, 4.69) is 33.9 Å². The molecule has 31 heavy (non-hydrogen) atoms. The molecule has 0 unspecified atom stereocenters. The van der Waals surface area contributed by atoms with Crippen molar-refractivity contribution >= 4 is 17.7 Å². The molecule has 0 aromatic carbocycles. The average molecular weight is 426 g/mol. The van der Waals surface area contributed by atoms with E-state index >= 15 is 0 Å². The maximum Gasteiger partial charge on any atom is 0.405 e. The van der Waals surface area contributed by atoms with Gasteiger partial charge in [-0.05, 0) is 50.3 Å². The van der Waals surface area contributed by atoms with Crippen molar-refractivity contribution in [1.29, 1.82) is 0 Å². The summed E-state index contributed by atoms with van der Waals surface area (Å²) in [6.07, 6.45) is 6.93. The van der Waals surface area contributed by atoms with Crippen LogP contribution in [0, 0.1) is 5.92 Å². The quantitative estimate of drug-likeness (QED) is 0.491. The zero-order chi connectivity index (χ0) is 23.2. The molecule has 8 heteroatoms. The molecule has 2 atom stereocenters. The topological polar surface area (TPSA) is 109 Å². The van der Waals surface area contributed by atoms with Gasteiger partial charge in [-0.1, -0.05) is 19.1 Å². The van der Waals surface area contributed by atoms with E-state index < -0.39 is 11.6 Å². The molecule has 0 radical (unpaired) electrons. The first kappa shape index (κ1) is 23.9. The lowest BCUT2D eigenvalue weighted by Crippen LogP contribution is -2.43. The van der Waals surface area contributed by atoms with Crippen LogP contribution in [0.2, 0.25) is 0 Å². The van der Waals surface area contributed by atoms with Crippen LogP contribution in [0.15, 0.2) is 49.8 Å². The van der Waals surface area contributed by atoms with Gasteiger partial charge in [-0.25, -0.2) is 4.79 Å². The number of aryl methyl sites for hydroxylation is 1. The van der Waals surface area contributed by atoms with Gasteiger partial charge in [0.1, 0.15) is 5.69 Å². The highest BCUT2D eigenvalue weighted by atomic mass is 16.4. The van der Waals surface area contributed by atoms with Gasteiger partial charge in [0.2, 0.25) is 5.91 Å². The van der Waals surface area contributed by atoms with Crippen molar-refractivity contribution in [3.8, 4) is 11.4 Å². The molecule has 0 spiro atoms. The predicted molar refractivity (Wildman–Crippen MR) is 122 cm³/mol. The van der Waals surface area contributed by atoms with E-state index in [1.165, 1.54) is 0 Å². The summed E-state index contributed by atoms with van der Waals surface area (Å²) in [5.74, 6) is -0.479. The number of carbonyl (C=O) groups is 2. The smallest absolute Gasteiger partial charge is 0.405 e. The lowest BCUT2D eigenvalue weighted by molar-refractivity contribution is -0.118. The van der Waals surface area contributed by atoms with Crippen molar-refractivity contribution in [2.45, 2.75) is 45.1 Å². The Balaban J connectivity index is 2.39. The Morgan fingerprint density at radius 2 is 2.06 bits per heavy atom. The standard InChI is InChI=1S/C23H31N5O3/c1-7-9-17(13-23(4,5)27-22(30)31)16-10-11-24-18(12-16)20-19(14-25-28(20)6)26-21(29)15(3)8-2/h7-8,10-12,14-15,17,27H,1-2,9,13H2,3-6H3,(H,26,29)(H,30,31)/t15-,17+/m1/s1. The Hall–Kier alpha value is -3.42. The Morgan fingerprint density at radius 3 is 2.68 bits per heavy atom. The van der Waals surface area contributed by atoms with E-state index in [-0.39, 0.29) is 17.7 Å². The highest BCUT2D eigenvalue weighted by molar-refractivity contribution is 5.96. The minimum absolute atomic E-state index is 0.0353. The number of hydrogen-bond acceptors (Lipinski definition) is 4. The van der Waals surface area contributed by atoms with Crippen molar-refractivity contribution in [2.75, 3.05) is 5.32 Å². The number of pyridine rings is 1. The van der Waals surface area contributed by atoms with Crippen LogP contribution in [-0.2, 0) is 11.8 Å². The van der Waals surface area contributed by atoms with Crippen LogP contribution in [0.3, 0.4) is 0 Å². The highest BCUT2D eigenvalue weighted by Crippen LogP contribution is 2.33. The molecular formula is C23H31N5O3. The number of nitrogens with one attached hydrogen (secondary N) is 2. The fraction of sp³-hybridized carbons (Fsp3) is 0.391. The Bertz CT molecular complexity index is 964. The van der Waals surface area contributed by atoms with E-state index in [0.717, 1.165) is 5.56 Å². The molecule has 0 fully saturated rings. The summed E-state index contributed by atoms with van der Waals surface area (Å²) in [7, 11) is 1.79. The molecule has 0 bridgehead atoms. The van der Waals surface area contributed by atoms with Crippen molar-refractivity contribution in [3.05, 3.63) is 55.4 Å². The van der Waals surface area contributed by atoms with Crippen LogP contribution >= 0.6 is 0 Å². The molecule has 2 heterocycles. The summed E-state index contributed by atoms with van der Waals surface area (Å²) in [4.78, 5) is 28.0. The van der Waals surface area contributed by atoms with Crippen molar-refractivity contribution in [2.24, 2.45) is 13.0 Å². The van der Waals surface area contributed by atoms with Crippen LogP contribution in [0.25, 0.3) is 11.4 Å². The number of carboxylic acid groups (broad SMARTS) is 1. The van der Waals surface area contributed by atoms with Gasteiger partial charge in [-0.3, -0.25) is 14.5 Å². The first-order valence-corrected chi connectivity index (χ1v) is 10.1. The minimum Gasteiger partial charge on any atom is -0.465 e. The Kier molecular flexibility index (Phi) is 7.74. The number of amides is 2. The molecule has 0 aliphatic heterocycles. The lowest BCUT2D eigenvalue weighted by atomic mass is 9.84. The van der Waals surface area contributed by atoms with Gasteiger partial charge in [0.05, 0.1) is 23.5 Å². The summed E-state index contributed by atoms with van der Waals surface area (Å²) < 4.78 is 1.67. The van der Waals surface area contributed by atoms with E-state index in [9.17, 15) is 9.59 Å². The second kappa shape index (κ2) is 10.1. The maximum absolute atomic E-state index is 12.3. The third kappa shape index (κ3) is 6.28. The largest absolute Gasteiger partial charge is 0.465 e. The Labute approximate surface area is 183 Å². The van der Waals surface area contributed by atoms with Gasteiger partial charge in [-0.2, -0.15) is 5.10 Å². The van der Waals surface area contributed by atoms with E-state index in [1.54, 1.807) is 37.1 Å². The molecular weight excluding hydrogens is 394 g/mol. The molecule has 0 aliphatic carbocycles.